The summed E-state index contributed by atoms with van der Waals surface area (Å²) in [5.41, 5.74) is 2.97. The molecule has 0 amide bonds. The van der Waals surface area contributed by atoms with E-state index in [1.165, 1.54) is 11.5 Å². The summed E-state index contributed by atoms with van der Waals surface area (Å²) >= 11 is 4.14. The summed E-state index contributed by atoms with van der Waals surface area (Å²) in [6, 6.07) is 0.452. The van der Waals surface area contributed by atoms with Crippen LogP contribution in [0.2, 0.25) is 0 Å². The molecule has 2 nitrogen and oxygen atoms in total. The molecule has 78 valence electrons. The van der Waals surface area contributed by atoms with Crippen LogP contribution in [0.1, 0.15) is 20.8 Å². The Kier molecular flexibility index (Phi) is 4.94. The fraction of sp³-hybridized carbons (Fsp3) is 1.00. The zero-order valence-electron chi connectivity index (χ0n) is 8.62. The first-order valence-corrected chi connectivity index (χ1v) is 6.96. The van der Waals surface area contributed by atoms with Gasteiger partial charge in [0.1, 0.15) is 0 Å². The van der Waals surface area contributed by atoms with E-state index in [1.54, 1.807) is 0 Å². The molecule has 0 radical (unpaired) electrons. The summed E-state index contributed by atoms with van der Waals surface area (Å²) in [6.45, 7) is 6.78. The molecule has 3 N–H and O–H groups in total. The molecule has 13 heavy (non-hydrogen) atoms. The minimum absolute atomic E-state index is 0.452. The SMILES string of the molecule is CC(C)C(NN)C1SCCSC1C. The molecule has 0 aliphatic carbocycles. The van der Waals surface area contributed by atoms with Crippen molar-refractivity contribution in [3.05, 3.63) is 0 Å². The highest BCUT2D eigenvalue weighted by molar-refractivity contribution is 8.07. The van der Waals surface area contributed by atoms with Crippen LogP contribution >= 0.6 is 23.5 Å². The van der Waals surface area contributed by atoms with Gasteiger partial charge in [0.05, 0.1) is 0 Å². The molecule has 4 heteroatoms. The molecule has 0 spiro atoms. The molecule has 1 saturated heterocycles. The molecule has 3 atom stereocenters. The van der Waals surface area contributed by atoms with E-state index in [9.17, 15) is 0 Å². The Bertz CT molecular complexity index is 153. The Hall–Kier alpha value is 0.620. The molecule has 1 heterocycles. The Morgan fingerprint density at radius 3 is 2.38 bits per heavy atom. The molecular formula is C9H20N2S2. The zero-order chi connectivity index (χ0) is 9.84. The lowest BCUT2D eigenvalue weighted by molar-refractivity contribution is 0.392. The van der Waals surface area contributed by atoms with E-state index in [4.69, 9.17) is 5.84 Å². The van der Waals surface area contributed by atoms with Gasteiger partial charge in [0.25, 0.3) is 0 Å². The van der Waals surface area contributed by atoms with Gasteiger partial charge in [-0.3, -0.25) is 11.3 Å². The van der Waals surface area contributed by atoms with Crippen molar-refractivity contribution in [2.45, 2.75) is 37.3 Å². The standard InChI is InChI=1S/C9H20N2S2/c1-6(2)8(11-10)9-7(3)12-4-5-13-9/h6-9,11H,4-5,10H2,1-3H3. The van der Waals surface area contributed by atoms with E-state index < -0.39 is 0 Å². The third kappa shape index (κ3) is 3.05. The van der Waals surface area contributed by atoms with Crippen molar-refractivity contribution in [3.63, 3.8) is 0 Å². The van der Waals surface area contributed by atoms with Gasteiger partial charge in [0.2, 0.25) is 0 Å². The fourth-order valence-electron chi connectivity index (χ4n) is 1.71. The van der Waals surface area contributed by atoms with Gasteiger partial charge in [-0.15, -0.1) is 0 Å². The molecule has 0 aromatic rings. The summed E-state index contributed by atoms with van der Waals surface area (Å²) in [7, 11) is 0. The van der Waals surface area contributed by atoms with Crippen molar-refractivity contribution in [1.29, 1.82) is 0 Å². The Morgan fingerprint density at radius 2 is 1.92 bits per heavy atom. The highest BCUT2D eigenvalue weighted by Crippen LogP contribution is 2.34. The van der Waals surface area contributed by atoms with Crippen LogP contribution in [0.3, 0.4) is 0 Å². The van der Waals surface area contributed by atoms with E-state index in [2.05, 4.69) is 49.7 Å². The van der Waals surface area contributed by atoms with Crippen LogP contribution in [0.15, 0.2) is 0 Å². The van der Waals surface area contributed by atoms with Gasteiger partial charge in [-0.25, -0.2) is 0 Å². The smallest absolute Gasteiger partial charge is 0.0362 e. The van der Waals surface area contributed by atoms with Crippen LogP contribution in [0.4, 0.5) is 0 Å². The first-order valence-electron chi connectivity index (χ1n) is 4.86. The minimum atomic E-state index is 0.452. The molecule has 1 rings (SSSR count). The summed E-state index contributed by atoms with van der Waals surface area (Å²) < 4.78 is 0. The van der Waals surface area contributed by atoms with Crippen LogP contribution in [0, 0.1) is 5.92 Å². The average molecular weight is 220 g/mol. The van der Waals surface area contributed by atoms with Gasteiger partial charge >= 0.3 is 0 Å². The lowest BCUT2D eigenvalue weighted by Crippen LogP contribution is -2.50. The Balaban J connectivity index is 2.55. The highest BCUT2D eigenvalue weighted by atomic mass is 32.2. The lowest BCUT2D eigenvalue weighted by Gasteiger charge is -2.36. The van der Waals surface area contributed by atoms with Crippen LogP contribution in [0.25, 0.3) is 0 Å². The number of thioether (sulfide) groups is 2. The molecule has 0 aromatic carbocycles. The number of nitrogens with two attached hydrogens (primary N) is 1. The van der Waals surface area contributed by atoms with Crippen LogP contribution in [0.5, 0.6) is 0 Å². The van der Waals surface area contributed by atoms with Crippen molar-refractivity contribution in [1.82, 2.24) is 5.43 Å². The summed E-state index contributed by atoms with van der Waals surface area (Å²) in [4.78, 5) is 0. The third-order valence-corrected chi connectivity index (χ3v) is 5.72. The molecule has 3 unspecified atom stereocenters. The second-order valence-corrected chi connectivity index (χ2v) is 6.62. The average Bonchev–Trinajstić information content (AvgIpc) is 2.09. The maximum atomic E-state index is 5.59. The van der Waals surface area contributed by atoms with E-state index in [0.29, 0.717) is 17.2 Å². The van der Waals surface area contributed by atoms with Crippen LogP contribution in [-0.2, 0) is 0 Å². The predicted octanol–water partition coefficient (Wildman–Crippen LogP) is 1.71. The molecule has 0 aromatic heterocycles. The van der Waals surface area contributed by atoms with Crippen molar-refractivity contribution in [2.24, 2.45) is 11.8 Å². The van der Waals surface area contributed by atoms with Gasteiger partial charge in [-0.1, -0.05) is 20.8 Å². The largest absolute Gasteiger partial charge is 0.271 e. The first kappa shape index (κ1) is 11.7. The maximum Gasteiger partial charge on any atom is 0.0362 e. The maximum absolute atomic E-state index is 5.59. The number of nitrogens with one attached hydrogen (secondary N) is 1. The quantitative estimate of drug-likeness (QED) is 0.561. The molecule has 1 aliphatic heterocycles. The number of hydrazine groups is 1. The monoisotopic (exact) mass is 220 g/mol. The lowest BCUT2D eigenvalue weighted by atomic mass is 10.00. The number of hydrogen-bond donors (Lipinski definition) is 2. The highest BCUT2D eigenvalue weighted by Gasteiger charge is 2.31. The van der Waals surface area contributed by atoms with E-state index in [0.717, 1.165) is 5.25 Å². The van der Waals surface area contributed by atoms with Gasteiger partial charge in [0, 0.05) is 28.0 Å². The molecule has 1 aliphatic rings. The number of hydrogen-bond acceptors (Lipinski definition) is 4. The minimum Gasteiger partial charge on any atom is -0.271 e. The van der Waals surface area contributed by atoms with Crippen molar-refractivity contribution >= 4 is 23.5 Å². The van der Waals surface area contributed by atoms with Gasteiger partial charge in [0.15, 0.2) is 0 Å². The summed E-state index contributed by atoms with van der Waals surface area (Å²) in [5.74, 6) is 8.77. The zero-order valence-corrected chi connectivity index (χ0v) is 10.3. The molecular weight excluding hydrogens is 200 g/mol. The van der Waals surface area contributed by atoms with E-state index in [1.807, 2.05) is 0 Å². The second kappa shape index (κ2) is 5.49. The molecule has 0 bridgehead atoms. The van der Waals surface area contributed by atoms with Gasteiger partial charge in [-0.05, 0) is 5.92 Å². The second-order valence-electron chi connectivity index (χ2n) is 3.85. The van der Waals surface area contributed by atoms with E-state index >= 15 is 0 Å². The molecule has 0 saturated carbocycles. The fourth-order valence-corrected chi connectivity index (χ4v) is 4.83. The normalized spacial score (nSPS) is 32.1. The summed E-state index contributed by atoms with van der Waals surface area (Å²) in [5, 5.41) is 1.39. The number of rotatable bonds is 3. The van der Waals surface area contributed by atoms with Crippen LogP contribution in [-0.4, -0.2) is 28.0 Å². The third-order valence-electron chi connectivity index (χ3n) is 2.50. The van der Waals surface area contributed by atoms with Gasteiger partial charge in [-0.2, -0.15) is 23.5 Å². The predicted molar refractivity (Wildman–Crippen MR) is 64.1 cm³/mol. The summed E-state index contributed by atoms with van der Waals surface area (Å²) in [6.07, 6.45) is 0. The Labute approximate surface area is 89.8 Å². The van der Waals surface area contributed by atoms with Crippen molar-refractivity contribution in [3.8, 4) is 0 Å². The Morgan fingerprint density at radius 1 is 1.31 bits per heavy atom. The van der Waals surface area contributed by atoms with Gasteiger partial charge < -0.3 is 0 Å². The van der Waals surface area contributed by atoms with Crippen LogP contribution < -0.4 is 11.3 Å². The van der Waals surface area contributed by atoms with Crippen molar-refractivity contribution in [2.75, 3.05) is 11.5 Å². The van der Waals surface area contributed by atoms with E-state index in [-0.39, 0.29) is 0 Å². The molecule has 1 fully saturated rings. The first-order chi connectivity index (χ1) is 6.16. The topological polar surface area (TPSA) is 38.0 Å². The van der Waals surface area contributed by atoms with Crippen molar-refractivity contribution < 1.29 is 0 Å².